The van der Waals surface area contributed by atoms with Gasteiger partial charge in [-0.15, -0.1) is 0 Å². The van der Waals surface area contributed by atoms with E-state index in [-0.39, 0.29) is 17.9 Å². The summed E-state index contributed by atoms with van der Waals surface area (Å²) in [4.78, 5) is 24.5. The predicted molar refractivity (Wildman–Crippen MR) is 92.8 cm³/mol. The topological polar surface area (TPSA) is 76.0 Å². The van der Waals surface area contributed by atoms with Crippen molar-refractivity contribution >= 4 is 11.8 Å². The number of hydrogen-bond acceptors (Lipinski definition) is 3. The largest absolute Gasteiger partial charge is 0.351 e. The summed E-state index contributed by atoms with van der Waals surface area (Å²) in [5.74, 6) is 0.584. The van der Waals surface area contributed by atoms with E-state index in [1.165, 1.54) is 12.8 Å². The smallest absolute Gasteiger partial charge is 0.255 e. The van der Waals surface area contributed by atoms with Gasteiger partial charge in [0.05, 0.1) is 30.0 Å². The van der Waals surface area contributed by atoms with E-state index >= 15 is 0 Å². The Balaban J connectivity index is 1.34. The number of amides is 2. The first-order valence-corrected chi connectivity index (χ1v) is 8.85. The maximum atomic E-state index is 12.5. The third kappa shape index (κ3) is 3.73. The van der Waals surface area contributed by atoms with E-state index in [1.54, 1.807) is 6.20 Å². The second-order valence-corrected chi connectivity index (χ2v) is 6.97. The number of aromatic nitrogens is 2. The predicted octanol–water partition coefficient (Wildman–Crippen LogP) is 1.65. The van der Waals surface area contributed by atoms with Crippen LogP contribution in [0.3, 0.4) is 0 Å². The fraction of sp³-hybridized carbons (Fsp3) is 0.421. The van der Waals surface area contributed by atoms with Crippen molar-refractivity contribution in [2.75, 3.05) is 0 Å². The molecule has 1 aromatic carbocycles. The van der Waals surface area contributed by atoms with Gasteiger partial charge < -0.3 is 10.6 Å². The minimum atomic E-state index is -0.116. The summed E-state index contributed by atoms with van der Waals surface area (Å²) in [5.41, 5.74) is 2.57. The van der Waals surface area contributed by atoms with Gasteiger partial charge in [0.15, 0.2) is 0 Å². The zero-order chi connectivity index (χ0) is 17.2. The maximum absolute atomic E-state index is 12.5. The maximum Gasteiger partial charge on any atom is 0.255 e. The van der Waals surface area contributed by atoms with Gasteiger partial charge in [-0.25, -0.2) is 0 Å². The standard InChI is InChI=1S/C19H22N4O2/c24-18(8-13-6-7-13)22-15-9-17-16(11-21-23(17)12-15)19(25)20-10-14-4-2-1-3-5-14/h1-5,11,13,15H,6-10,12H2,(H,20,25)(H,22,24). The highest BCUT2D eigenvalue weighted by Crippen LogP contribution is 2.32. The molecule has 1 fully saturated rings. The normalized spacial score (nSPS) is 18.6. The van der Waals surface area contributed by atoms with Gasteiger partial charge in [0, 0.05) is 19.4 Å². The molecule has 1 saturated carbocycles. The number of carbonyl (C=O) groups excluding carboxylic acids is 2. The highest BCUT2D eigenvalue weighted by molar-refractivity contribution is 5.95. The fourth-order valence-electron chi connectivity index (χ4n) is 3.32. The first-order chi connectivity index (χ1) is 12.2. The van der Waals surface area contributed by atoms with Crippen molar-refractivity contribution < 1.29 is 9.59 Å². The summed E-state index contributed by atoms with van der Waals surface area (Å²) in [6.45, 7) is 1.13. The van der Waals surface area contributed by atoms with Crippen molar-refractivity contribution in [2.24, 2.45) is 5.92 Å². The van der Waals surface area contributed by atoms with Gasteiger partial charge in [0.2, 0.25) is 5.91 Å². The Morgan fingerprint density at radius 1 is 1.20 bits per heavy atom. The lowest BCUT2D eigenvalue weighted by Gasteiger charge is -2.11. The van der Waals surface area contributed by atoms with Crippen LogP contribution in [-0.2, 0) is 24.3 Å². The van der Waals surface area contributed by atoms with Crippen LogP contribution in [0, 0.1) is 5.92 Å². The molecule has 6 heteroatoms. The number of fused-ring (bicyclic) bond motifs is 1. The van der Waals surface area contributed by atoms with Crippen molar-refractivity contribution in [3.05, 3.63) is 53.3 Å². The summed E-state index contributed by atoms with van der Waals surface area (Å²) in [6.07, 6.45) is 5.25. The number of nitrogens with zero attached hydrogens (tertiary/aromatic N) is 2. The van der Waals surface area contributed by atoms with E-state index in [9.17, 15) is 9.59 Å². The molecule has 1 aliphatic carbocycles. The van der Waals surface area contributed by atoms with E-state index in [0.29, 0.717) is 37.4 Å². The first-order valence-electron chi connectivity index (χ1n) is 8.85. The first kappa shape index (κ1) is 15.9. The summed E-state index contributed by atoms with van der Waals surface area (Å²) < 4.78 is 1.83. The van der Waals surface area contributed by atoms with E-state index < -0.39 is 0 Å². The van der Waals surface area contributed by atoms with Crippen LogP contribution in [0.15, 0.2) is 36.5 Å². The highest BCUT2D eigenvalue weighted by atomic mass is 16.2. The molecule has 0 spiro atoms. The molecule has 6 nitrogen and oxygen atoms in total. The van der Waals surface area contributed by atoms with Crippen LogP contribution in [0.25, 0.3) is 0 Å². The Bertz CT molecular complexity index is 780. The molecular formula is C19H22N4O2. The lowest BCUT2D eigenvalue weighted by atomic mass is 10.1. The number of benzene rings is 1. The molecule has 1 unspecified atom stereocenters. The monoisotopic (exact) mass is 338 g/mol. The quantitative estimate of drug-likeness (QED) is 0.841. The van der Waals surface area contributed by atoms with Gasteiger partial charge >= 0.3 is 0 Å². The fourth-order valence-corrected chi connectivity index (χ4v) is 3.32. The minimum Gasteiger partial charge on any atom is -0.351 e. The minimum absolute atomic E-state index is 0.0376. The van der Waals surface area contributed by atoms with Gasteiger partial charge in [-0.05, 0) is 24.3 Å². The van der Waals surface area contributed by atoms with E-state index in [1.807, 2.05) is 35.0 Å². The molecule has 2 heterocycles. The van der Waals surface area contributed by atoms with Gasteiger partial charge in [-0.1, -0.05) is 30.3 Å². The van der Waals surface area contributed by atoms with Gasteiger partial charge in [-0.3, -0.25) is 14.3 Å². The second kappa shape index (κ2) is 6.70. The Kier molecular flexibility index (Phi) is 4.26. The molecular weight excluding hydrogens is 316 g/mol. The highest BCUT2D eigenvalue weighted by Gasteiger charge is 2.30. The van der Waals surface area contributed by atoms with Crippen LogP contribution in [0.1, 0.15) is 40.9 Å². The van der Waals surface area contributed by atoms with E-state index in [2.05, 4.69) is 15.7 Å². The summed E-state index contributed by atoms with van der Waals surface area (Å²) in [5, 5.41) is 10.3. The van der Waals surface area contributed by atoms with Crippen molar-refractivity contribution in [2.45, 2.75) is 44.8 Å². The number of hydrogen-bond donors (Lipinski definition) is 2. The zero-order valence-electron chi connectivity index (χ0n) is 14.1. The molecule has 2 amide bonds. The van der Waals surface area contributed by atoms with Gasteiger partial charge in [0.1, 0.15) is 0 Å². The third-order valence-electron chi connectivity index (χ3n) is 4.86. The molecule has 2 aliphatic rings. The molecule has 4 rings (SSSR count). The average Bonchev–Trinajstić information content (AvgIpc) is 3.19. The molecule has 25 heavy (non-hydrogen) atoms. The third-order valence-corrected chi connectivity index (χ3v) is 4.86. The summed E-state index contributed by atoms with van der Waals surface area (Å²) >= 11 is 0. The molecule has 130 valence electrons. The molecule has 1 aromatic heterocycles. The van der Waals surface area contributed by atoms with Crippen LogP contribution < -0.4 is 10.6 Å². The van der Waals surface area contributed by atoms with E-state index in [0.717, 1.165) is 11.3 Å². The Morgan fingerprint density at radius 3 is 2.76 bits per heavy atom. The summed E-state index contributed by atoms with van der Waals surface area (Å²) in [7, 11) is 0. The molecule has 1 aliphatic heterocycles. The molecule has 2 N–H and O–H groups in total. The van der Waals surface area contributed by atoms with Crippen molar-refractivity contribution in [3.8, 4) is 0 Å². The van der Waals surface area contributed by atoms with Crippen molar-refractivity contribution in [1.29, 1.82) is 0 Å². The van der Waals surface area contributed by atoms with Gasteiger partial charge in [-0.2, -0.15) is 5.10 Å². The molecule has 1 atom stereocenters. The lowest BCUT2D eigenvalue weighted by Crippen LogP contribution is -2.36. The van der Waals surface area contributed by atoms with Crippen molar-refractivity contribution in [3.63, 3.8) is 0 Å². The SMILES string of the molecule is O=C(CC1CC1)NC1Cc2c(C(=O)NCc3ccccc3)cnn2C1. The van der Waals surface area contributed by atoms with E-state index in [4.69, 9.17) is 0 Å². The van der Waals surface area contributed by atoms with Crippen LogP contribution in [0.5, 0.6) is 0 Å². The number of rotatable bonds is 6. The second-order valence-electron chi connectivity index (χ2n) is 6.97. The van der Waals surface area contributed by atoms with Crippen LogP contribution in [-0.4, -0.2) is 27.6 Å². The Morgan fingerprint density at radius 2 is 2.00 bits per heavy atom. The average molecular weight is 338 g/mol. The zero-order valence-corrected chi connectivity index (χ0v) is 14.1. The number of carbonyl (C=O) groups is 2. The Hall–Kier alpha value is -2.63. The van der Waals surface area contributed by atoms with Crippen LogP contribution in [0.4, 0.5) is 0 Å². The molecule has 2 aromatic rings. The lowest BCUT2D eigenvalue weighted by molar-refractivity contribution is -0.122. The summed E-state index contributed by atoms with van der Waals surface area (Å²) in [6, 6.07) is 9.86. The number of nitrogens with one attached hydrogen (secondary N) is 2. The van der Waals surface area contributed by atoms with Crippen molar-refractivity contribution in [1.82, 2.24) is 20.4 Å². The molecule has 0 bridgehead atoms. The molecule has 0 radical (unpaired) electrons. The van der Waals surface area contributed by atoms with Crippen LogP contribution in [0.2, 0.25) is 0 Å². The van der Waals surface area contributed by atoms with Crippen LogP contribution >= 0.6 is 0 Å². The van der Waals surface area contributed by atoms with Gasteiger partial charge in [0.25, 0.3) is 5.91 Å². The Labute approximate surface area is 146 Å². The molecule has 0 saturated heterocycles.